The fraction of sp³-hybridized carbons (Fsp3) is 0.105. The van der Waals surface area contributed by atoms with Gasteiger partial charge >= 0.3 is 0 Å². The second-order valence-electron chi connectivity index (χ2n) is 5.59. The van der Waals surface area contributed by atoms with Crippen molar-refractivity contribution in [3.63, 3.8) is 0 Å². The minimum absolute atomic E-state index is 0.675. The number of anilines is 1. The molecule has 0 fully saturated rings. The lowest BCUT2D eigenvalue weighted by Crippen LogP contribution is -2.03. The lowest BCUT2D eigenvalue weighted by Gasteiger charge is -2.10. The highest BCUT2D eigenvalue weighted by molar-refractivity contribution is 5.89. The van der Waals surface area contributed by atoms with Crippen LogP contribution >= 0.6 is 0 Å². The van der Waals surface area contributed by atoms with E-state index in [0.717, 1.165) is 33.2 Å². The molecule has 0 aliphatic heterocycles. The number of nitrogens with one attached hydrogen (secondary N) is 1. The van der Waals surface area contributed by atoms with Crippen LogP contribution in [0.4, 0.5) is 5.82 Å². The molecule has 4 nitrogen and oxygen atoms in total. The Morgan fingerprint density at radius 2 is 1.87 bits per heavy atom. The predicted molar refractivity (Wildman–Crippen MR) is 93.3 cm³/mol. The maximum atomic E-state index is 4.50. The SMILES string of the molecule is Cc1ccc2ncnc(NCc3cccc4cccnc34)c2c1. The summed E-state index contributed by atoms with van der Waals surface area (Å²) in [5.74, 6) is 0.853. The van der Waals surface area contributed by atoms with Crippen LogP contribution < -0.4 is 5.32 Å². The summed E-state index contributed by atoms with van der Waals surface area (Å²) in [6, 6.07) is 16.5. The normalized spacial score (nSPS) is 11.0. The Bertz CT molecular complexity index is 989. The van der Waals surface area contributed by atoms with Gasteiger partial charge in [0.15, 0.2) is 0 Å². The van der Waals surface area contributed by atoms with Gasteiger partial charge in [-0.15, -0.1) is 0 Å². The van der Waals surface area contributed by atoms with Crippen LogP contribution in [-0.2, 0) is 6.54 Å². The van der Waals surface area contributed by atoms with Crippen LogP contribution in [0.1, 0.15) is 11.1 Å². The molecule has 2 heterocycles. The molecule has 0 spiro atoms. The second-order valence-corrected chi connectivity index (χ2v) is 5.59. The molecule has 0 bridgehead atoms. The van der Waals surface area contributed by atoms with E-state index in [0.29, 0.717) is 6.54 Å². The molecular weight excluding hydrogens is 284 g/mol. The molecule has 1 N–H and O–H groups in total. The zero-order chi connectivity index (χ0) is 15.6. The highest BCUT2D eigenvalue weighted by atomic mass is 15.0. The van der Waals surface area contributed by atoms with Gasteiger partial charge in [-0.25, -0.2) is 9.97 Å². The molecular formula is C19H16N4. The maximum Gasteiger partial charge on any atom is 0.137 e. The molecule has 0 saturated carbocycles. The first-order valence-corrected chi connectivity index (χ1v) is 7.59. The summed E-state index contributed by atoms with van der Waals surface area (Å²) in [6.45, 7) is 2.75. The molecule has 2 aromatic carbocycles. The lowest BCUT2D eigenvalue weighted by molar-refractivity contribution is 1.11. The number of rotatable bonds is 3. The van der Waals surface area contributed by atoms with Crippen molar-refractivity contribution in [1.82, 2.24) is 15.0 Å². The van der Waals surface area contributed by atoms with Crippen LogP contribution in [0.5, 0.6) is 0 Å². The summed E-state index contributed by atoms with van der Waals surface area (Å²) in [4.78, 5) is 13.2. The van der Waals surface area contributed by atoms with Gasteiger partial charge in [0.25, 0.3) is 0 Å². The fourth-order valence-electron chi connectivity index (χ4n) is 2.80. The van der Waals surface area contributed by atoms with Crippen LogP contribution in [0.25, 0.3) is 21.8 Å². The van der Waals surface area contributed by atoms with Crippen molar-refractivity contribution in [2.45, 2.75) is 13.5 Å². The average Bonchev–Trinajstić information content (AvgIpc) is 2.60. The van der Waals surface area contributed by atoms with Crippen LogP contribution in [-0.4, -0.2) is 15.0 Å². The average molecular weight is 300 g/mol. The Morgan fingerprint density at radius 1 is 0.957 bits per heavy atom. The van der Waals surface area contributed by atoms with E-state index >= 15 is 0 Å². The highest BCUT2D eigenvalue weighted by Gasteiger charge is 2.06. The van der Waals surface area contributed by atoms with Gasteiger partial charge in [0, 0.05) is 23.5 Å². The molecule has 0 aliphatic rings. The number of aryl methyl sites for hydroxylation is 1. The van der Waals surface area contributed by atoms with Gasteiger partial charge in [0.2, 0.25) is 0 Å². The van der Waals surface area contributed by atoms with Crippen LogP contribution in [0.3, 0.4) is 0 Å². The lowest BCUT2D eigenvalue weighted by atomic mass is 10.1. The van der Waals surface area contributed by atoms with Crippen LogP contribution in [0.2, 0.25) is 0 Å². The summed E-state index contributed by atoms with van der Waals surface area (Å²) >= 11 is 0. The predicted octanol–water partition coefficient (Wildman–Crippen LogP) is 4.10. The summed E-state index contributed by atoms with van der Waals surface area (Å²) in [5, 5.41) is 5.62. The van der Waals surface area contributed by atoms with Gasteiger partial charge in [-0.2, -0.15) is 0 Å². The molecule has 112 valence electrons. The Hall–Kier alpha value is -3.01. The topological polar surface area (TPSA) is 50.7 Å². The van der Waals surface area contributed by atoms with Crippen LogP contribution in [0.15, 0.2) is 61.1 Å². The van der Waals surface area contributed by atoms with Gasteiger partial charge in [-0.3, -0.25) is 4.98 Å². The van der Waals surface area contributed by atoms with Crippen molar-refractivity contribution < 1.29 is 0 Å². The van der Waals surface area contributed by atoms with Crippen molar-refractivity contribution in [2.24, 2.45) is 0 Å². The second kappa shape index (κ2) is 5.65. The number of nitrogens with zero attached hydrogens (tertiary/aromatic N) is 3. The Balaban J connectivity index is 1.70. The molecule has 0 radical (unpaired) electrons. The third-order valence-corrected chi connectivity index (χ3v) is 3.95. The number of hydrogen-bond donors (Lipinski definition) is 1. The van der Waals surface area contributed by atoms with Crippen molar-refractivity contribution in [3.05, 3.63) is 72.2 Å². The molecule has 4 heteroatoms. The monoisotopic (exact) mass is 300 g/mol. The van der Waals surface area contributed by atoms with E-state index in [2.05, 4.69) is 63.6 Å². The van der Waals surface area contributed by atoms with Gasteiger partial charge in [0.1, 0.15) is 12.1 Å². The third-order valence-electron chi connectivity index (χ3n) is 3.95. The molecule has 0 saturated heterocycles. The summed E-state index contributed by atoms with van der Waals surface area (Å²) in [5.41, 5.74) is 4.32. The zero-order valence-corrected chi connectivity index (χ0v) is 12.8. The van der Waals surface area contributed by atoms with Crippen molar-refractivity contribution in [1.29, 1.82) is 0 Å². The van der Waals surface area contributed by atoms with E-state index in [9.17, 15) is 0 Å². The van der Waals surface area contributed by atoms with Crippen molar-refractivity contribution in [2.75, 3.05) is 5.32 Å². The number of fused-ring (bicyclic) bond motifs is 2. The first-order chi connectivity index (χ1) is 11.3. The van der Waals surface area contributed by atoms with E-state index < -0.39 is 0 Å². The van der Waals surface area contributed by atoms with E-state index in [4.69, 9.17) is 0 Å². The van der Waals surface area contributed by atoms with Crippen molar-refractivity contribution in [3.8, 4) is 0 Å². The van der Waals surface area contributed by atoms with E-state index in [1.807, 2.05) is 18.3 Å². The Labute approximate surface area is 134 Å². The molecule has 0 unspecified atom stereocenters. The quantitative estimate of drug-likeness (QED) is 0.619. The largest absolute Gasteiger partial charge is 0.365 e. The molecule has 0 atom stereocenters. The number of para-hydroxylation sites is 1. The smallest absolute Gasteiger partial charge is 0.137 e. The van der Waals surface area contributed by atoms with E-state index in [1.54, 1.807) is 6.33 Å². The molecule has 4 rings (SSSR count). The van der Waals surface area contributed by atoms with Gasteiger partial charge < -0.3 is 5.32 Å². The Kier molecular flexibility index (Phi) is 3.35. The number of benzene rings is 2. The zero-order valence-electron chi connectivity index (χ0n) is 12.8. The maximum absolute atomic E-state index is 4.50. The molecule has 23 heavy (non-hydrogen) atoms. The number of pyridine rings is 1. The van der Waals surface area contributed by atoms with Gasteiger partial charge in [-0.05, 0) is 30.7 Å². The summed E-state index contributed by atoms with van der Waals surface area (Å²) in [7, 11) is 0. The molecule has 4 aromatic rings. The number of hydrogen-bond acceptors (Lipinski definition) is 4. The molecule has 0 aliphatic carbocycles. The van der Waals surface area contributed by atoms with E-state index in [-0.39, 0.29) is 0 Å². The standard InChI is InChI=1S/C19H16N4/c1-13-7-8-17-16(10-13)19(23-12-22-17)21-11-15-5-2-4-14-6-3-9-20-18(14)15/h2-10,12H,11H2,1H3,(H,21,22,23). The van der Waals surface area contributed by atoms with E-state index in [1.165, 1.54) is 5.56 Å². The first kappa shape index (κ1) is 13.6. The minimum Gasteiger partial charge on any atom is -0.365 e. The van der Waals surface area contributed by atoms with Crippen LogP contribution in [0, 0.1) is 6.92 Å². The summed E-state index contributed by atoms with van der Waals surface area (Å²) in [6.07, 6.45) is 3.43. The fourth-order valence-corrected chi connectivity index (χ4v) is 2.80. The highest BCUT2D eigenvalue weighted by Crippen LogP contribution is 2.22. The van der Waals surface area contributed by atoms with Gasteiger partial charge in [-0.1, -0.05) is 35.9 Å². The van der Waals surface area contributed by atoms with Crippen molar-refractivity contribution >= 4 is 27.6 Å². The molecule has 2 aromatic heterocycles. The molecule has 0 amide bonds. The first-order valence-electron chi connectivity index (χ1n) is 7.59. The Morgan fingerprint density at radius 3 is 2.83 bits per heavy atom. The number of aromatic nitrogens is 3. The minimum atomic E-state index is 0.675. The van der Waals surface area contributed by atoms with Gasteiger partial charge in [0.05, 0.1) is 11.0 Å². The third kappa shape index (κ3) is 2.59. The summed E-state index contributed by atoms with van der Waals surface area (Å²) < 4.78 is 0.